The number of rotatable bonds is 9. The summed E-state index contributed by atoms with van der Waals surface area (Å²) >= 11 is 0. The van der Waals surface area contributed by atoms with Gasteiger partial charge in [-0.25, -0.2) is 0 Å². The van der Waals surface area contributed by atoms with Gasteiger partial charge in [0.1, 0.15) is 23.7 Å². The Hall–Kier alpha value is -4.93. The molecule has 2 aromatic carbocycles. The molecule has 0 bridgehead atoms. The van der Waals surface area contributed by atoms with E-state index in [0.717, 1.165) is 48.2 Å². The molecule has 2 aliphatic rings. The quantitative estimate of drug-likeness (QED) is 0.271. The van der Waals surface area contributed by atoms with Crippen molar-refractivity contribution in [1.29, 1.82) is 0 Å². The fourth-order valence-electron chi connectivity index (χ4n) is 6.27. The van der Waals surface area contributed by atoms with E-state index in [1.807, 2.05) is 42.6 Å². The van der Waals surface area contributed by atoms with Gasteiger partial charge in [0.05, 0.1) is 13.2 Å². The Morgan fingerprint density at radius 1 is 1.04 bits per heavy atom. The zero-order valence-corrected chi connectivity index (χ0v) is 25.0. The van der Waals surface area contributed by atoms with Crippen LogP contribution in [0, 0.1) is 0 Å². The van der Waals surface area contributed by atoms with E-state index >= 15 is 0 Å². The third kappa shape index (κ3) is 6.62. The lowest BCUT2D eigenvalue weighted by Gasteiger charge is -2.45. The van der Waals surface area contributed by atoms with Crippen molar-refractivity contribution in [3.8, 4) is 11.5 Å². The maximum Gasteiger partial charge on any atom is 0.387 e. The third-order valence-electron chi connectivity index (χ3n) is 8.63. The summed E-state index contributed by atoms with van der Waals surface area (Å²) in [4.78, 5) is 40.7. The number of carbonyl (C=O) groups is 2. The SMILES string of the molecule is C=C([C@H]1CN(C(=O)c2cc3cc(OC)ccc3[nH]2)CC(=O)N1Cc1cccc(OC(F)F)c1)N1CCC(c2ccccn2)CC1. The van der Waals surface area contributed by atoms with E-state index in [1.54, 1.807) is 35.1 Å². The van der Waals surface area contributed by atoms with Crippen molar-refractivity contribution in [3.05, 3.63) is 102 Å². The fourth-order valence-corrected chi connectivity index (χ4v) is 6.27. The van der Waals surface area contributed by atoms with E-state index in [1.165, 1.54) is 12.1 Å². The first-order valence-corrected chi connectivity index (χ1v) is 14.9. The van der Waals surface area contributed by atoms with Crippen LogP contribution in [0.4, 0.5) is 8.78 Å². The molecule has 6 rings (SSSR count). The van der Waals surface area contributed by atoms with Crippen LogP contribution in [0.1, 0.15) is 40.5 Å². The molecule has 11 heteroatoms. The van der Waals surface area contributed by atoms with Gasteiger partial charge in [-0.15, -0.1) is 0 Å². The smallest absolute Gasteiger partial charge is 0.387 e. The summed E-state index contributed by atoms with van der Waals surface area (Å²) < 4.78 is 35.7. The molecule has 234 valence electrons. The van der Waals surface area contributed by atoms with Crippen molar-refractivity contribution in [2.45, 2.75) is 38.0 Å². The Labute approximate surface area is 260 Å². The molecule has 45 heavy (non-hydrogen) atoms. The number of nitrogens with zero attached hydrogens (tertiary/aromatic N) is 4. The van der Waals surface area contributed by atoms with Crippen molar-refractivity contribution in [1.82, 2.24) is 24.7 Å². The van der Waals surface area contributed by atoms with Crippen LogP contribution in [-0.4, -0.2) is 82.4 Å². The van der Waals surface area contributed by atoms with Gasteiger partial charge >= 0.3 is 6.61 Å². The summed E-state index contributed by atoms with van der Waals surface area (Å²) in [6.07, 6.45) is 3.57. The molecule has 0 saturated carbocycles. The molecule has 2 aliphatic heterocycles. The van der Waals surface area contributed by atoms with Gasteiger partial charge < -0.3 is 29.2 Å². The van der Waals surface area contributed by atoms with Gasteiger partial charge in [0, 0.05) is 60.6 Å². The molecule has 2 amide bonds. The first kappa shape index (κ1) is 30.1. The Morgan fingerprint density at radius 3 is 2.60 bits per heavy atom. The minimum atomic E-state index is -2.95. The molecule has 2 fully saturated rings. The van der Waals surface area contributed by atoms with Crippen LogP contribution >= 0.6 is 0 Å². The van der Waals surface area contributed by atoms with E-state index < -0.39 is 12.7 Å². The number of amides is 2. The summed E-state index contributed by atoms with van der Waals surface area (Å²) in [6.45, 7) is 3.20. The minimum Gasteiger partial charge on any atom is -0.497 e. The first-order valence-electron chi connectivity index (χ1n) is 14.9. The average molecular weight is 616 g/mol. The van der Waals surface area contributed by atoms with Crippen molar-refractivity contribution >= 4 is 22.7 Å². The van der Waals surface area contributed by atoms with Gasteiger partial charge in [0.15, 0.2) is 0 Å². The van der Waals surface area contributed by atoms with E-state index in [2.05, 4.69) is 26.2 Å². The normalized spacial score (nSPS) is 17.6. The maximum atomic E-state index is 13.8. The van der Waals surface area contributed by atoms with E-state index in [4.69, 9.17) is 4.74 Å². The minimum absolute atomic E-state index is 0.0196. The Balaban J connectivity index is 1.24. The predicted molar refractivity (Wildman–Crippen MR) is 165 cm³/mol. The molecule has 4 heterocycles. The van der Waals surface area contributed by atoms with Gasteiger partial charge in [0.25, 0.3) is 5.91 Å². The number of aromatic nitrogens is 2. The number of alkyl halides is 2. The van der Waals surface area contributed by atoms with Gasteiger partial charge in [-0.2, -0.15) is 8.78 Å². The standard InChI is InChI=1S/C34H35F2N5O4/c1-22(39-14-11-24(12-15-39)28-8-3-4-13-37-28)31-20-40(33(43)30-18-25-17-26(44-2)9-10-29(25)38-30)21-32(42)41(31)19-23-6-5-7-27(16-23)45-34(35)36/h3-10,13,16-18,24,31,34,38H,1,11-12,14-15,19-21H2,2H3/t31-/m1/s1. The molecule has 0 spiro atoms. The van der Waals surface area contributed by atoms with Crippen LogP contribution in [0.5, 0.6) is 11.5 Å². The van der Waals surface area contributed by atoms with Crippen LogP contribution in [0.3, 0.4) is 0 Å². The lowest BCUT2D eigenvalue weighted by Crippen LogP contribution is -2.59. The van der Waals surface area contributed by atoms with Gasteiger partial charge in [0.2, 0.25) is 5.91 Å². The third-order valence-corrected chi connectivity index (χ3v) is 8.63. The lowest BCUT2D eigenvalue weighted by atomic mass is 9.92. The van der Waals surface area contributed by atoms with E-state index in [-0.39, 0.29) is 37.2 Å². The highest BCUT2D eigenvalue weighted by atomic mass is 19.3. The number of hydrogen-bond donors (Lipinski definition) is 1. The summed E-state index contributed by atoms with van der Waals surface area (Å²) in [5.41, 5.74) is 3.60. The highest BCUT2D eigenvalue weighted by molar-refractivity contribution is 6.00. The topological polar surface area (TPSA) is 91.0 Å². The molecule has 0 radical (unpaired) electrons. The zero-order chi connectivity index (χ0) is 31.5. The number of piperidine rings is 1. The van der Waals surface area contributed by atoms with Crippen molar-refractivity contribution in [3.63, 3.8) is 0 Å². The van der Waals surface area contributed by atoms with Crippen LogP contribution in [0.15, 0.2) is 85.2 Å². The van der Waals surface area contributed by atoms with E-state index in [9.17, 15) is 18.4 Å². The second-order valence-corrected chi connectivity index (χ2v) is 11.4. The summed E-state index contributed by atoms with van der Waals surface area (Å²) in [6, 6.07) is 19.0. The van der Waals surface area contributed by atoms with Gasteiger partial charge in [-0.1, -0.05) is 24.8 Å². The Bertz CT molecular complexity index is 1690. The number of halogens is 2. The molecule has 9 nitrogen and oxygen atoms in total. The molecular formula is C34H35F2N5O4. The number of H-pyrrole nitrogens is 1. The van der Waals surface area contributed by atoms with Crippen LogP contribution < -0.4 is 9.47 Å². The number of ether oxygens (including phenoxy) is 2. The van der Waals surface area contributed by atoms with Gasteiger partial charge in [-0.05, 0) is 66.9 Å². The molecular weight excluding hydrogens is 580 g/mol. The van der Waals surface area contributed by atoms with Crippen LogP contribution in [0.25, 0.3) is 10.9 Å². The maximum absolute atomic E-state index is 13.8. The summed E-state index contributed by atoms with van der Waals surface area (Å²) in [5, 5.41) is 0.824. The van der Waals surface area contributed by atoms with E-state index in [0.29, 0.717) is 22.9 Å². The molecule has 2 aromatic heterocycles. The van der Waals surface area contributed by atoms with Gasteiger partial charge in [-0.3, -0.25) is 14.6 Å². The number of benzene rings is 2. The lowest BCUT2D eigenvalue weighted by molar-refractivity contribution is -0.138. The largest absolute Gasteiger partial charge is 0.497 e. The highest BCUT2D eigenvalue weighted by Gasteiger charge is 2.39. The molecule has 0 unspecified atom stereocenters. The summed E-state index contributed by atoms with van der Waals surface area (Å²) in [7, 11) is 1.58. The monoisotopic (exact) mass is 615 g/mol. The second kappa shape index (κ2) is 13.0. The van der Waals surface area contributed by atoms with Crippen LogP contribution in [-0.2, 0) is 11.3 Å². The van der Waals surface area contributed by atoms with Crippen molar-refractivity contribution in [2.75, 3.05) is 33.3 Å². The Morgan fingerprint density at radius 2 is 1.87 bits per heavy atom. The number of hydrogen-bond acceptors (Lipinski definition) is 6. The predicted octanol–water partition coefficient (Wildman–Crippen LogP) is 5.42. The number of nitrogens with one attached hydrogen (secondary N) is 1. The van der Waals surface area contributed by atoms with Crippen LogP contribution in [0.2, 0.25) is 0 Å². The first-order chi connectivity index (χ1) is 21.8. The molecule has 1 N–H and O–H groups in total. The number of pyridine rings is 1. The molecule has 0 aliphatic carbocycles. The second-order valence-electron chi connectivity index (χ2n) is 11.4. The van der Waals surface area contributed by atoms with Crippen molar-refractivity contribution < 1.29 is 27.8 Å². The fraction of sp³-hybridized carbons (Fsp3) is 0.324. The number of fused-ring (bicyclic) bond motifs is 1. The Kier molecular flexibility index (Phi) is 8.68. The molecule has 4 aromatic rings. The number of carbonyl (C=O) groups excluding carboxylic acids is 2. The highest BCUT2D eigenvalue weighted by Crippen LogP contribution is 2.32. The average Bonchev–Trinajstić information content (AvgIpc) is 3.49. The number of methoxy groups -OCH3 is 1. The summed E-state index contributed by atoms with van der Waals surface area (Å²) in [5.74, 6) is 0.469. The number of piperazine rings is 1. The van der Waals surface area contributed by atoms with Crippen molar-refractivity contribution in [2.24, 2.45) is 0 Å². The molecule has 2 saturated heterocycles. The zero-order valence-electron chi connectivity index (χ0n) is 25.0. The molecule has 1 atom stereocenters. The number of likely N-dealkylation sites (tertiary alicyclic amines) is 1. The number of aromatic amines is 1.